The highest BCUT2D eigenvalue weighted by Gasteiger charge is 2.33. The van der Waals surface area contributed by atoms with Crippen LogP contribution in [-0.4, -0.2) is 11.1 Å². The molecule has 0 saturated carbocycles. The van der Waals surface area contributed by atoms with Gasteiger partial charge in [0.15, 0.2) is 0 Å². The predicted molar refractivity (Wildman–Crippen MR) is 55.1 cm³/mol. The Morgan fingerprint density at radius 2 is 2.29 bits per heavy atom. The molecule has 0 atom stereocenters. The molecule has 0 aliphatic carbocycles. The van der Waals surface area contributed by atoms with Gasteiger partial charge in [-0.2, -0.15) is 0 Å². The van der Waals surface area contributed by atoms with E-state index in [-0.39, 0.29) is 0 Å². The van der Waals surface area contributed by atoms with E-state index in [2.05, 4.69) is 26.2 Å². The molecule has 0 unspecified atom stereocenters. The minimum absolute atomic E-state index is 0.438. The third-order valence-electron chi connectivity index (χ3n) is 2.10. The molecule has 0 aromatic carbocycles. The first kappa shape index (κ1) is 9.45. The topological polar surface area (TPSA) is 51.2 Å². The summed E-state index contributed by atoms with van der Waals surface area (Å²) in [4.78, 5) is 15.2. The highest BCUT2D eigenvalue weighted by molar-refractivity contribution is 9.10. The number of fused-ring (bicyclic) bond motifs is 1. The van der Waals surface area contributed by atoms with Crippen LogP contribution in [0.3, 0.4) is 0 Å². The molecule has 74 valence electrons. The summed E-state index contributed by atoms with van der Waals surface area (Å²) in [7, 11) is 0. The first-order valence-electron chi connectivity index (χ1n) is 4.15. The van der Waals surface area contributed by atoms with E-state index in [9.17, 15) is 4.79 Å². The fourth-order valence-corrected chi connectivity index (χ4v) is 1.78. The molecule has 1 aliphatic heterocycles. The Labute approximate surface area is 89.8 Å². The van der Waals surface area contributed by atoms with Crippen LogP contribution in [0.15, 0.2) is 16.9 Å². The molecule has 1 aromatic heterocycles. The summed E-state index contributed by atoms with van der Waals surface area (Å²) in [6, 6.07) is 1.84. The number of nitrogens with one attached hydrogen (secondary N) is 1. The number of anilines is 1. The zero-order valence-corrected chi connectivity index (χ0v) is 9.38. The monoisotopic (exact) mass is 256 g/mol. The van der Waals surface area contributed by atoms with Crippen molar-refractivity contribution in [1.29, 1.82) is 0 Å². The second-order valence-corrected chi connectivity index (χ2v) is 4.39. The smallest absolute Gasteiger partial charge is 0.412 e. The first-order valence-corrected chi connectivity index (χ1v) is 4.94. The SMILES string of the molecule is CC1(C)OC(=O)Nc2cnc(Br)cc21. The first-order chi connectivity index (χ1) is 6.49. The lowest BCUT2D eigenvalue weighted by Gasteiger charge is -2.32. The predicted octanol–water partition coefficient (Wildman–Crippen LogP) is 2.64. The summed E-state index contributed by atoms with van der Waals surface area (Å²) in [5.74, 6) is 0. The van der Waals surface area contributed by atoms with E-state index >= 15 is 0 Å². The van der Waals surface area contributed by atoms with E-state index in [1.54, 1.807) is 6.20 Å². The normalized spacial score (nSPS) is 18.1. The van der Waals surface area contributed by atoms with Gasteiger partial charge in [-0.25, -0.2) is 9.78 Å². The van der Waals surface area contributed by atoms with Crippen molar-refractivity contribution in [2.75, 3.05) is 5.32 Å². The number of rotatable bonds is 0. The van der Waals surface area contributed by atoms with Crippen LogP contribution in [0.25, 0.3) is 0 Å². The number of nitrogens with zero attached hydrogens (tertiary/aromatic N) is 1. The molecular weight excluding hydrogens is 248 g/mol. The quantitative estimate of drug-likeness (QED) is 0.727. The maximum absolute atomic E-state index is 11.2. The number of halogens is 1. The molecule has 14 heavy (non-hydrogen) atoms. The number of ether oxygens (including phenoxy) is 1. The summed E-state index contributed by atoms with van der Waals surface area (Å²) < 4.78 is 5.88. The lowest BCUT2D eigenvalue weighted by molar-refractivity contribution is 0.0419. The van der Waals surface area contributed by atoms with Crippen molar-refractivity contribution in [1.82, 2.24) is 4.98 Å². The highest BCUT2D eigenvalue weighted by atomic mass is 79.9. The lowest BCUT2D eigenvalue weighted by atomic mass is 9.96. The number of carbonyl (C=O) groups excluding carboxylic acids is 1. The molecule has 2 heterocycles. The van der Waals surface area contributed by atoms with Crippen LogP contribution in [0.2, 0.25) is 0 Å². The van der Waals surface area contributed by atoms with Gasteiger partial charge in [0, 0.05) is 5.56 Å². The van der Waals surface area contributed by atoms with E-state index in [1.807, 2.05) is 19.9 Å². The van der Waals surface area contributed by atoms with Crippen molar-refractivity contribution in [3.05, 3.63) is 22.4 Å². The van der Waals surface area contributed by atoms with Crippen molar-refractivity contribution >= 4 is 27.7 Å². The third-order valence-corrected chi connectivity index (χ3v) is 2.54. The van der Waals surface area contributed by atoms with Crippen molar-refractivity contribution in [2.45, 2.75) is 19.4 Å². The highest BCUT2D eigenvalue weighted by Crippen LogP contribution is 2.35. The van der Waals surface area contributed by atoms with Crippen molar-refractivity contribution < 1.29 is 9.53 Å². The average Bonchev–Trinajstić information content (AvgIpc) is 2.05. The maximum atomic E-state index is 11.2. The van der Waals surface area contributed by atoms with Crippen LogP contribution >= 0.6 is 15.9 Å². The second kappa shape index (κ2) is 2.95. The molecule has 4 nitrogen and oxygen atoms in total. The van der Waals surface area contributed by atoms with E-state index < -0.39 is 11.7 Å². The molecule has 1 aromatic rings. The van der Waals surface area contributed by atoms with E-state index in [0.717, 1.165) is 10.2 Å². The largest absolute Gasteiger partial charge is 0.438 e. The molecule has 0 spiro atoms. The van der Waals surface area contributed by atoms with Gasteiger partial charge in [-0.1, -0.05) is 0 Å². The van der Waals surface area contributed by atoms with Crippen molar-refractivity contribution in [2.24, 2.45) is 0 Å². The average molecular weight is 257 g/mol. The molecule has 1 amide bonds. The minimum Gasteiger partial charge on any atom is -0.438 e. The third kappa shape index (κ3) is 1.48. The summed E-state index contributed by atoms with van der Waals surface area (Å²) in [6.45, 7) is 3.69. The van der Waals surface area contributed by atoms with Crippen LogP contribution in [-0.2, 0) is 10.3 Å². The van der Waals surface area contributed by atoms with Gasteiger partial charge >= 0.3 is 6.09 Å². The van der Waals surface area contributed by atoms with Gasteiger partial charge < -0.3 is 4.74 Å². The van der Waals surface area contributed by atoms with Crippen LogP contribution in [0.1, 0.15) is 19.4 Å². The number of aromatic nitrogens is 1. The van der Waals surface area contributed by atoms with Crippen LogP contribution in [0, 0.1) is 0 Å². The second-order valence-electron chi connectivity index (χ2n) is 3.58. The van der Waals surface area contributed by atoms with Gasteiger partial charge in [0.05, 0.1) is 11.9 Å². The Kier molecular flexibility index (Phi) is 1.99. The maximum Gasteiger partial charge on any atom is 0.412 e. The van der Waals surface area contributed by atoms with Gasteiger partial charge in [0.2, 0.25) is 0 Å². The number of hydrogen-bond donors (Lipinski definition) is 1. The van der Waals surface area contributed by atoms with Crippen molar-refractivity contribution in [3.63, 3.8) is 0 Å². The number of pyridine rings is 1. The summed E-state index contributed by atoms with van der Waals surface area (Å²) in [5, 5.41) is 2.60. The minimum atomic E-state index is -0.608. The van der Waals surface area contributed by atoms with E-state index in [4.69, 9.17) is 4.74 Å². The van der Waals surface area contributed by atoms with Gasteiger partial charge in [0.1, 0.15) is 10.2 Å². The van der Waals surface area contributed by atoms with Crippen LogP contribution in [0.5, 0.6) is 0 Å². The zero-order valence-electron chi connectivity index (χ0n) is 7.80. The summed E-state index contributed by atoms with van der Waals surface area (Å²) in [5.41, 5.74) is 1.01. The summed E-state index contributed by atoms with van der Waals surface area (Å²) >= 11 is 3.28. The molecule has 0 bridgehead atoms. The van der Waals surface area contributed by atoms with Gasteiger partial charge in [-0.05, 0) is 35.8 Å². The molecule has 0 saturated heterocycles. The molecular formula is C9H9BrN2O2. The van der Waals surface area contributed by atoms with Gasteiger partial charge in [-0.15, -0.1) is 0 Å². The standard InChI is InChI=1S/C9H9BrN2O2/c1-9(2)5-3-7(10)11-4-6(5)12-8(13)14-9/h3-4H,1-2H3,(H,12,13). The molecule has 0 fully saturated rings. The Morgan fingerprint density at radius 1 is 1.57 bits per heavy atom. The molecule has 1 N–H and O–H groups in total. The Hall–Kier alpha value is -1.10. The summed E-state index contributed by atoms with van der Waals surface area (Å²) in [6.07, 6.45) is 1.17. The Morgan fingerprint density at radius 3 is 3.00 bits per heavy atom. The number of amides is 1. The zero-order chi connectivity index (χ0) is 10.3. The number of cyclic esters (lactones) is 1. The van der Waals surface area contributed by atoms with Gasteiger partial charge in [0.25, 0.3) is 0 Å². The molecule has 2 rings (SSSR count). The Balaban J connectivity index is 2.58. The fourth-order valence-electron chi connectivity index (χ4n) is 1.45. The molecule has 1 aliphatic rings. The number of carbonyl (C=O) groups is 1. The van der Waals surface area contributed by atoms with E-state index in [0.29, 0.717) is 5.69 Å². The lowest BCUT2D eigenvalue weighted by Crippen LogP contribution is -2.34. The van der Waals surface area contributed by atoms with Crippen molar-refractivity contribution in [3.8, 4) is 0 Å². The van der Waals surface area contributed by atoms with E-state index in [1.165, 1.54) is 0 Å². The Bertz CT molecular complexity index is 404. The van der Waals surface area contributed by atoms with Crippen LogP contribution < -0.4 is 5.32 Å². The molecule has 0 radical (unpaired) electrons. The number of hydrogen-bond acceptors (Lipinski definition) is 3. The molecule has 5 heteroatoms. The van der Waals surface area contributed by atoms with Crippen LogP contribution in [0.4, 0.5) is 10.5 Å². The van der Waals surface area contributed by atoms with Gasteiger partial charge in [-0.3, -0.25) is 5.32 Å². The fraction of sp³-hybridized carbons (Fsp3) is 0.333.